The Labute approximate surface area is 544 Å². The van der Waals surface area contributed by atoms with E-state index in [0.29, 0.717) is 23.7 Å². The van der Waals surface area contributed by atoms with E-state index in [1.165, 1.54) is 308 Å². The van der Waals surface area contributed by atoms with Gasteiger partial charge < -0.3 is 20.0 Å². The molecule has 4 unspecified atom stereocenters. The van der Waals surface area contributed by atoms with Crippen molar-refractivity contribution in [3.8, 4) is 5.75 Å². The Morgan fingerprint density at radius 2 is 0.625 bits per heavy atom. The summed E-state index contributed by atoms with van der Waals surface area (Å²) >= 11 is 0. The van der Waals surface area contributed by atoms with E-state index >= 15 is 0 Å². The molecule has 3 rings (SSSR count). The summed E-state index contributed by atoms with van der Waals surface area (Å²) in [4.78, 5) is 48.4. The molecule has 0 radical (unpaired) electrons. The quantitative estimate of drug-likeness (QED) is 0.0381. The van der Waals surface area contributed by atoms with Crippen molar-refractivity contribution >= 4 is 28.6 Å². The average molecular weight is 1220 g/mol. The molecule has 0 spiro atoms. The van der Waals surface area contributed by atoms with Crippen molar-refractivity contribution in [1.82, 2.24) is 4.90 Å². The molecule has 1 aromatic carbocycles. The van der Waals surface area contributed by atoms with E-state index in [1.807, 2.05) is 12.1 Å². The zero-order valence-corrected chi connectivity index (χ0v) is 59.1. The summed E-state index contributed by atoms with van der Waals surface area (Å²) in [5, 5.41) is 24.4. The van der Waals surface area contributed by atoms with Crippen LogP contribution in [0.1, 0.15) is 369 Å². The number of carbonyl (C=O) groups excluding carboxylic acids is 3. The van der Waals surface area contributed by atoms with Crippen LogP contribution < -0.4 is 4.90 Å². The van der Waals surface area contributed by atoms with E-state index < -0.39 is 17.3 Å². The number of benzene rings is 1. The fourth-order valence-electron chi connectivity index (χ4n) is 14.3. The lowest BCUT2D eigenvalue weighted by Gasteiger charge is -2.35. The molecule has 2 aliphatic carbocycles. The van der Waals surface area contributed by atoms with Gasteiger partial charge in [0.15, 0.2) is 5.78 Å². The molecule has 2 aliphatic rings. The van der Waals surface area contributed by atoms with E-state index in [4.69, 9.17) is 0 Å². The number of unbranched alkanes of at least 4 members (excludes halogenated alkanes) is 32. The zero-order chi connectivity index (χ0) is 63.8. The molecule has 7 nitrogen and oxygen atoms in total. The molecular formula is C81H140N2O5. The highest BCUT2D eigenvalue weighted by molar-refractivity contribution is 6.63. The number of aliphatic hydroxyl groups excluding tert-OH is 1. The van der Waals surface area contributed by atoms with Crippen molar-refractivity contribution in [1.29, 1.82) is 0 Å². The standard InChI is InChI=1S/C81H140N2O5/c1-9-17-25-33-37-45-53-67(49-41-29-21-13-5)63-82(64-68(50-42-30-22-14-6)54-46-38-34-26-18-10-2)71-57-59-73(75(84)61-71)77-79(86)78(81(88)80(77)87)74-60-58-72(62-76(74)85)83(65-69(51-43-31-23-15-7)55-47-39-35-27-19-11-3)66-70(52-44-32-24-16-8)56-48-40-36-28-20-12-4/h57-62,67-70,84,86H,9-56,63-66H2,1-8H3/b78-74-. The van der Waals surface area contributed by atoms with Crippen LogP contribution in [-0.2, 0) is 14.4 Å². The lowest BCUT2D eigenvalue weighted by Crippen LogP contribution is -2.34. The van der Waals surface area contributed by atoms with Gasteiger partial charge in [0.25, 0.3) is 0 Å². The molecule has 0 fully saturated rings. The number of carbonyl (C=O) groups is 3. The normalized spacial score (nSPS) is 15.9. The molecular weight excluding hydrogens is 1080 g/mol. The van der Waals surface area contributed by atoms with Gasteiger partial charge in [-0.3, -0.25) is 14.4 Å². The van der Waals surface area contributed by atoms with Crippen LogP contribution in [0.5, 0.6) is 5.75 Å². The Morgan fingerprint density at radius 3 is 0.932 bits per heavy atom. The number of hydrogen-bond acceptors (Lipinski definition) is 7. The summed E-state index contributed by atoms with van der Waals surface area (Å²) in [7, 11) is 0. The van der Waals surface area contributed by atoms with Gasteiger partial charge in [-0.15, -0.1) is 0 Å². The highest BCUT2D eigenvalue weighted by Gasteiger charge is 2.41. The number of nitrogens with zero attached hydrogens (tertiary/aromatic N) is 2. The third kappa shape index (κ3) is 32.1. The number of anilines is 1. The lowest BCUT2D eigenvalue weighted by molar-refractivity contribution is -0.130. The van der Waals surface area contributed by atoms with E-state index in [1.54, 1.807) is 24.3 Å². The third-order valence-corrected chi connectivity index (χ3v) is 20.0. The van der Waals surface area contributed by atoms with Crippen molar-refractivity contribution in [3.63, 3.8) is 0 Å². The maximum atomic E-state index is 14.7. The molecule has 0 amide bonds. The molecule has 0 bridgehead atoms. The van der Waals surface area contributed by atoms with Crippen molar-refractivity contribution in [2.45, 2.75) is 364 Å². The van der Waals surface area contributed by atoms with Crippen molar-refractivity contribution in [3.05, 3.63) is 64.6 Å². The van der Waals surface area contributed by atoms with Gasteiger partial charge in [0.2, 0.25) is 11.6 Å². The molecule has 7 heteroatoms. The summed E-state index contributed by atoms with van der Waals surface area (Å²) in [5.41, 5.74) is 1.54. The van der Waals surface area contributed by atoms with Crippen LogP contribution >= 0.6 is 0 Å². The van der Waals surface area contributed by atoms with Crippen LogP contribution in [-0.4, -0.2) is 58.6 Å². The summed E-state index contributed by atoms with van der Waals surface area (Å²) in [5.74, 6) is -0.673. The SMILES string of the molecule is CCCCCCCCC(CCCCCC)CN(CC(CCCCCC)CCCCCCCC)C1=CC(=O)/C(=C2\C(=O)C(=O)C(c3ccc(N(CC(CCCCCC)CCCCCCCC)CC(CCCCCC)CCCCCCCC)cc3O)=C2O)C=C1. The molecule has 0 aliphatic heterocycles. The average Bonchev–Trinajstić information content (AvgIpc) is 1.74. The second kappa shape index (κ2) is 51.0. The Kier molecular flexibility index (Phi) is 45.5. The monoisotopic (exact) mass is 1220 g/mol. The predicted octanol–water partition coefficient (Wildman–Crippen LogP) is 24.6. The number of allylic oxidation sites excluding steroid dienone is 6. The highest BCUT2D eigenvalue weighted by Crippen LogP contribution is 2.41. The van der Waals surface area contributed by atoms with E-state index in [9.17, 15) is 24.6 Å². The number of rotatable bonds is 59. The highest BCUT2D eigenvalue weighted by atomic mass is 16.3. The first-order valence-corrected chi connectivity index (χ1v) is 38.6. The maximum Gasteiger partial charge on any atom is 0.238 e. The molecule has 4 atom stereocenters. The van der Waals surface area contributed by atoms with Crippen LogP contribution in [0, 0.1) is 23.7 Å². The van der Waals surface area contributed by atoms with Crippen LogP contribution in [0.2, 0.25) is 0 Å². The largest absolute Gasteiger partial charge is 0.507 e. The number of aliphatic hydroxyl groups is 1. The number of Topliss-reactive ketones (excluding diaryl/α,β-unsaturated/α-hetero) is 2. The lowest BCUT2D eigenvalue weighted by atomic mass is 9.90. The predicted molar refractivity (Wildman–Crippen MR) is 382 cm³/mol. The molecule has 0 heterocycles. The van der Waals surface area contributed by atoms with Crippen LogP contribution in [0.15, 0.2) is 59.0 Å². The number of phenolic OH excluding ortho intramolecular Hbond substituents is 1. The molecule has 2 N–H and O–H groups in total. The van der Waals surface area contributed by atoms with Crippen molar-refractivity contribution < 1.29 is 24.6 Å². The van der Waals surface area contributed by atoms with Gasteiger partial charge in [-0.2, -0.15) is 0 Å². The molecule has 0 aromatic heterocycles. The summed E-state index contributed by atoms with van der Waals surface area (Å²) < 4.78 is 0. The Bertz CT molecular complexity index is 2050. The van der Waals surface area contributed by atoms with Gasteiger partial charge in [0.05, 0.1) is 11.1 Å². The van der Waals surface area contributed by atoms with Crippen LogP contribution in [0.4, 0.5) is 5.69 Å². The molecule has 504 valence electrons. The Balaban J connectivity index is 2.10. The third-order valence-electron chi connectivity index (χ3n) is 20.0. The maximum absolute atomic E-state index is 14.7. The summed E-state index contributed by atoms with van der Waals surface area (Å²) in [6.45, 7) is 21.9. The zero-order valence-electron chi connectivity index (χ0n) is 59.1. The van der Waals surface area contributed by atoms with Crippen LogP contribution in [0.25, 0.3) is 5.57 Å². The first-order valence-electron chi connectivity index (χ1n) is 38.6. The minimum absolute atomic E-state index is 0.0499. The second-order valence-corrected chi connectivity index (χ2v) is 28.0. The van der Waals surface area contributed by atoms with Gasteiger partial charge in [-0.05, 0) is 99.3 Å². The van der Waals surface area contributed by atoms with Crippen LogP contribution in [0.3, 0.4) is 0 Å². The fraction of sp³-hybridized carbons (Fsp3) is 0.790. The first kappa shape index (κ1) is 78.6. The topological polar surface area (TPSA) is 98.2 Å². The van der Waals surface area contributed by atoms with Gasteiger partial charge in [-0.1, -0.05) is 312 Å². The Hall–Kier alpha value is -3.61. The van der Waals surface area contributed by atoms with E-state index in [-0.39, 0.29) is 33.8 Å². The number of ketones is 3. The number of hydrogen-bond donors (Lipinski definition) is 2. The first-order chi connectivity index (χ1) is 43.0. The molecule has 0 saturated carbocycles. The van der Waals surface area contributed by atoms with E-state index in [2.05, 4.69) is 65.2 Å². The number of aromatic hydroxyl groups is 1. The number of phenols is 1. The molecule has 0 saturated heterocycles. The fourth-order valence-corrected chi connectivity index (χ4v) is 14.3. The van der Waals surface area contributed by atoms with Crippen molar-refractivity contribution in [2.75, 3.05) is 31.1 Å². The minimum Gasteiger partial charge on any atom is -0.507 e. The summed E-state index contributed by atoms with van der Waals surface area (Å²) in [6.07, 6.45) is 65.5. The van der Waals surface area contributed by atoms with Gasteiger partial charge in [0.1, 0.15) is 11.5 Å². The van der Waals surface area contributed by atoms with Crippen molar-refractivity contribution in [2.24, 2.45) is 23.7 Å². The van der Waals surface area contributed by atoms with E-state index in [0.717, 1.165) is 37.6 Å². The van der Waals surface area contributed by atoms with Gasteiger partial charge in [0, 0.05) is 60.8 Å². The van der Waals surface area contributed by atoms with Gasteiger partial charge in [-0.25, -0.2) is 0 Å². The second-order valence-electron chi connectivity index (χ2n) is 28.0. The molecule has 1 aromatic rings. The minimum atomic E-state index is -0.891. The smallest absolute Gasteiger partial charge is 0.238 e. The van der Waals surface area contributed by atoms with Gasteiger partial charge >= 0.3 is 0 Å². The molecule has 88 heavy (non-hydrogen) atoms. The Morgan fingerprint density at radius 1 is 0.341 bits per heavy atom. The summed E-state index contributed by atoms with van der Waals surface area (Å²) in [6, 6.07) is 5.55.